The fourth-order valence-corrected chi connectivity index (χ4v) is 2.12. The number of hydrogen-bond donors (Lipinski definition) is 2. The van der Waals surface area contributed by atoms with Gasteiger partial charge in [-0.15, -0.1) is 0 Å². The minimum Gasteiger partial charge on any atom is -0.481 e. The van der Waals surface area contributed by atoms with E-state index in [0.717, 1.165) is 0 Å². The molecule has 1 aliphatic heterocycles. The predicted molar refractivity (Wildman–Crippen MR) is 59.0 cm³/mol. The Morgan fingerprint density at radius 2 is 2.25 bits per heavy atom. The summed E-state index contributed by atoms with van der Waals surface area (Å²) in [6.45, 7) is 3.72. The van der Waals surface area contributed by atoms with Gasteiger partial charge in [-0.1, -0.05) is 6.07 Å². The number of carbonyl (C=O) groups is 1. The summed E-state index contributed by atoms with van der Waals surface area (Å²) in [5.74, 6) is -1.57. The molecular formula is C12H14FNO2. The summed E-state index contributed by atoms with van der Waals surface area (Å²) in [7, 11) is 0. The molecule has 16 heavy (non-hydrogen) atoms. The number of nitrogens with one attached hydrogen (secondary N) is 1. The van der Waals surface area contributed by atoms with Crippen molar-refractivity contribution in [2.24, 2.45) is 5.41 Å². The van der Waals surface area contributed by atoms with Crippen molar-refractivity contribution in [1.82, 2.24) is 0 Å². The predicted octanol–water partition coefficient (Wildman–Crippen LogP) is 2.45. The molecule has 0 saturated carbocycles. The second-order valence-corrected chi connectivity index (χ2v) is 4.66. The summed E-state index contributed by atoms with van der Waals surface area (Å²) in [6, 6.07) is 4.77. The number of aliphatic carboxylic acids is 1. The fourth-order valence-electron chi connectivity index (χ4n) is 2.12. The molecule has 0 spiro atoms. The lowest BCUT2D eigenvalue weighted by Crippen LogP contribution is -2.32. The van der Waals surface area contributed by atoms with E-state index in [4.69, 9.17) is 5.11 Å². The lowest BCUT2D eigenvalue weighted by molar-refractivity contribution is -0.148. The van der Waals surface area contributed by atoms with Crippen LogP contribution in [0.1, 0.15) is 25.3 Å². The van der Waals surface area contributed by atoms with E-state index < -0.39 is 11.4 Å². The molecule has 0 bridgehead atoms. The van der Waals surface area contributed by atoms with Crippen LogP contribution in [0, 0.1) is 11.2 Å². The minimum absolute atomic E-state index is 0.332. The van der Waals surface area contributed by atoms with E-state index in [1.54, 1.807) is 26.0 Å². The van der Waals surface area contributed by atoms with E-state index in [0.29, 0.717) is 17.8 Å². The highest BCUT2D eigenvalue weighted by Crippen LogP contribution is 2.44. The lowest BCUT2D eigenvalue weighted by Gasteiger charge is -2.26. The van der Waals surface area contributed by atoms with Gasteiger partial charge in [-0.05, 0) is 26.0 Å². The van der Waals surface area contributed by atoms with Crippen LogP contribution < -0.4 is 5.32 Å². The molecule has 1 aliphatic rings. The first kappa shape index (κ1) is 10.9. The molecule has 3 nitrogen and oxygen atoms in total. The zero-order valence-electron chi connectivity index (χ0n) is 9.25. The van der Waals surface area contributed by atoms with Crippen LogP contribution in [-0.2, 0) is 4.79 Å². The normalized spacial score (nSPS) is 19.1. The second kappa shape index (κ2) is 3.47. The van der Waals surface area contributed by atoms with Crippen molar-refractivity contribution in [3.63, 3.8) is 0 Å². The van der Waals surface area contributed by atoms with Gasteiger partial charge in [0, 0.05) is 23.7 Å². The Hall–Kier alpha value is -1.58. The van der Waals surface area contributed by atoms with Crippen LogP contribution >= 0.6 is 0 Å². The Bertz CT molecular complexity index is 443. The zero-order chi connectivity index (χ0) is 11.9. The van der Waals surface area contributed by atoms with Crippen molar-refractivity contribution >= 4 is 11.7 Å². The van der Waals surface area contributed by atoms with Gasteiger partial charge in [0.25, 0.3) is 0 Å². The molecule has 2 N–H and O–H groups in total. The molecule has 0 radical (unpaired) electrons. The second-order valence-electron chi connectivity index (χ2n) is 4.66. The number of benzene rings is 1. The molecule has 1 unspecified atom stereocenters. The number of carboxylic acid groups (broad SMARTS) is 1. The molecule has 1 atom stereocenters. The summed E-state index contributed by atoms with van der Waals surface area (Å²) >= 11 is 0. The van der Waals surface area contributed by atoms with Crippen LogP contribution in [0.15, 0.2) is 18.2 Å². The molecule has 86 valence electrons. The molecule has 1 aromatic rings. The highest BCUT2D eigenvalue weighted by atomic mass is 19.1. The molecule has 1 aromatic carbocycles. The van der Waals surface area contributed by atoms with E-state index in [2.05, 4.69) is 5.32 Å². The Morgan fingerprint density at radius 1 is 1.56 bits per heavy atom. The van der Waals surface area contributed by atoms with E-state index >= 15 is 0 Å². The van der Waals surface area contributed by atoms with Crippen LogP contribution in [0.25, 0.3) is 0 Å². The number of rotatable bonds is 2. The van der Waals surface area contributed by atoms with E-state index in [1.165, 1.54) is 6.07 Å². The van der Waals surface area contributed by atoms with E-state index in [-0.39, 0.29) is 11.7 Å². The van der Waals surface area contributed by atoms with Gasteiger partial charge in [0.15, 0.2) is 0 Å². The summed E-state index contributed by atoms with van der Waals surface area (Å²) in [4.78, 5) is 11.2. The van der Waals surface area contributed by atoms with Gasteiger partial charge in [0.1, 0.15) is 5.82 Å². The van der Waals surface area contributed by atoms with Crippen LogP contribution in [0.3, 0.4) is 0 Å². The smallest absolute Gasteiger partial charge is 0.309 e. The molecule has 4 heteroatoms. The Morgan fingerprint density at radius 3 is 2.88 bits per heavy atom. The van der Waals surface area contributed by atoms with Crippen molar-refractivity contribution in [3.05, 3.63) is 29.6 Å². The Balaban J connectivity index is 2.48. The molecule has 0 saturated heterocycles. The monoisotopic (exact) mass is 223 g/mol. The average molecular weight is 223 g/mol. The molecule has 0 amide bonds. The van der Waals surface area contributed by atoms with E-state index in [1.807, 2.05) is 0 Å². The third-order valence-corrected chi connectivity index (χ3v) is 3.32. The van der Waals surface area contributed by atoms with Gasteiger partial charge in [-0.25, -0.2) is 4.39 Å². The van der Waals surface area contributed by atoms with Gasteiger partial charge in [0.05, 0.1) is 5.41 Å². The summed E-state index contributed by atoms with van der Waals surface area (Å²) in [6.07, 6.45) is 0. The first-order valence-electron chi connectivity index (χ1n) is 5.20. The molecule has 0 fully saturated rings. The lowest BCUT2D eigenvalue weighted by atomic mass is 9.76. The maximum atomic E-state index is 13.7. The maximum Gasteiger partial charge on any atom is 0.309 e. The first-order valence-corrected chi connectivity index (χ1v) is 5.20. The van der Waals surface area contributed by atoms with Crippen molar-refractivity contribution in [3.8, 4) is 0 Å². The average Bonchev–Trinajstić information content (AvgIpc) is 2.63. The SMILES string of the molecule is CC(C)(C(=O)O)C1CNc2cccc(F)c21. The van der Waals surface area contributed by atoms with Crippen molar-refractivity contribution in [2.75, 3.05) is 11.9 Å². The molecule has 2 rings (SSSR count). The van der Waals surface area contributed by atoms with Crippen LogP contribution in [0.5, 0.6) is 0 Å². The summed E-state index contributed by atoms with van der Waals surface area (Å²) in [5.41, 5.74) is 0.231. The van der Waals surface area contributed by atoms with Gasteiger partial charge in [-0.3, -0.25) is 4.79 Å². The quantitative estimate of drug-likeness (QED) is 0.809. The van der Waals surface area contributed by atoms with Crippen LogP contribution in [-0.4, -0.2) is 17.6 Å². The standard InChI is InChI=1S/C12H14FNO2/c1-12(2,11(15)16)7-6-14-9-5-3-4-8(13)10(7)9/h3-5,7,14H,6H2,1-2H3,(H,15,16). The number of carboxylic acids is 1. The third-order valence-electron chi connectivity index (χ3n) is 3.32. The van der Waals surface area contributed by atoms with Gasteiger partial charge >= 0.3 is 5.97 Å². The van der Waals surface area contributed by atoms with Crippen molar-refractivity contribution < 1.29 is 14.3 Å². The highest BCUT2D eigenvalue weighted by Gasteiger charge is 2.42. The largest absolute Gasteiger partial charge is 0.481 e. The van der Waals surface area contributed by atoms with Crippen LogP contribution in [0.4, 0.5) is 10.1 Å². The third kappa shape index (κ3) is 1.45. The fraction of sp³-hybridized carbons (Fsp3) is 0.417. The zero-order valence-corrected chi connectivity index (χ0v) is 9.25. The van der Waals surface area contributed by atoms with Gasteiger partial charge < -0.3 is 10.4 Å². The van der Waals surface area contributed by atoms with E-state index in [9.17, 15) is 9.18 Å². The number of hydrogen-bond acceptors (Lipinski definition) is 2. The molecule has 0 aromatic heterocycles. The Kier molecular flexibility index (Phi) is 2.37. The summed E-state index contributed by atoms with van der Waals surface area (Å²) in [5, 5.41) is 12.2. The first-order chi connectivity index (χ1) is 7.44. The van der Waals surface area contributed by atoms with Crippen molar-refractivity contribution in [1.29, 1.82) is 0 Å². The molecule has 1 heterocycles. The molecular weight excluding hydrogens is 209 g/mol. The topological polar surface area (TPSA) is 49.3 Å². The maximum absolute atomic E-state index is 13.7. The van der Waals surface area contributed by atoms with Crippen molar-refractivity contribution in [2.45, 2.75) is 19.8 Å². The summed E-state index contributed by atoms with van der Waals surface area (Å²) < 4.78 is 13.7. The number of anilines is 1. The number of fused-ring (bicyclic) bond motifs is 1. The minimum atomic E-state index is -0.972. The van der Waals surface area contributed by atoms with Crippen LogP contribution in [0.2, 0.25) is 0 Å². The van der Waals surface area contributed by atoms with Gasteiger partial charge in [0.2, 0.25) is 0 Å². The molecule has 0 aliphatic carbocycles. The highest BCUT2D eigenvalue weighted by molar-refractivity contribution is 5.77. The van der Waals surface area contributed by atoms with Gasteiger partial charge in [-0.2, -0.15) is 0 Å². The number of halogens is 1. The Labute approximate surface area is 93.3 Å².